The van der Waals surface area contributed by atoms with Crippen LogP contribution in [0.4, 0.5) is 0 Å². The van der Waals surface area contributed by atoms with Crippen LogP contribution in [0.1, 0.15) is 55.4 Å². The molecule has 3 heterocycles. The molecule has 0 atom stereocenters. The quantitative estimate of drug-likeness (QED) is 0.285. The van der Waals surface area contributed by atoms with Gasteiger partial charge in [-0.3, -0.25) is 0 Å². The van der Waals surface area contributed by atoms with Crippen LogP contribution >= 0.6 is 15.9 Å². The van der Waals surface area contributed by atoms with Gasteiger partial charge >= 0.3 is 0 Å². The van der Waals surface area contributed by atoms with Gasteiger partial charge in [-0.05, 0) is 71.2 Å². The second-order valence-corrected chi connectivity index (χ2v) is 9.88. The fourth-order valence-corrected chi connectivity index (χ4v) is 5.56. The SMILES string of the molecule is CCCc1cc2c(C)nc3c(-c4c(C)cc(C)cc4Br)c(C)nn3c2n1CCOC(C)C. The Morgan fingerprint density at radius 3 is 2.44 bits per heavy atom. The van der Waals surface area contributed by atoms with Crippen molar-refractivity contribution in [2.75, 3.05) is 6.61 Å². The van der Waals surface area contributed by atoms with E-state index in [1.807, 2.05) is 4.52 Å². The minimum atomic E-state index is 0.218. The highest BCUT2D eigenvalue weighted by atomic mass is 79.9. The number of aryl methyl sites for hydroxylation is 5. The topological polar surface area (TPSA) is 44.4 Å². The first-order valence-corrected chi connectivity index (χ1v) is 12.3. The Hall–Kier alpha value is -2.18. The molecule has 0 bridgehead atoms. The number of nitrogens with zero attached hydrogens (tertiary/aromatic N) is 4. The van der Waals surface area contributed by atoms with Crippen molar-refractivity contribution in [3.63, 3.8) is 0 Å². The molecule has 0 saturated carbocycles. The highest BCUT2D eigenvalue weighted by Gasteiger charge is 2.22. The standard InChI is InChI=1S/C26H33BrN4O/c1-8-9-20-14-21-18(6)28-25-24(23-17(5)12-16(4)13-22(23)27)19(7)29-31(25)26(21)30(20)10-11-32-15(2)3/h12-15H,8-11H2,1-7H3. The smallest absolute Gasteiger partial charge is 0.165 e. The Bertz CT molecular complexity index is 1280. The number of aromatic nitrogens is 4. The van der Waals surface area contributed by atoms with Gasteiger partial charge < -0.3 is 9.30 Å². The average Bonchev–Trinajstić information content (AvgIpc) is 3.20. The van der Waals surface area contributed by atoms with E-state index in [-0.39, 0.29) is 6.10 Å². The molecule has 0 unspecified atom stereocenters. The average molecular weight is 497 g/mol. The number of fused-ring (bicyclic) bond motifs is 3. The molecule has 170 valence electrons. The molecule has 3 aromatic heterocycles. The maximum absolute atomic E-state index is 5.91. The second-order valence-electron chi connectivity index (χ2n) is 9.03. The van der Waals surface area contributed by atoms with Gasteiger partial charge in [-0.25, -0.2) is 4.98 Å². The van der Waals surface area contributed by atoms with Crippen molar-refractivity contribution in [1.82, 2.24) is 19.2 Å². The van der Waals surface area contributed by atoms with Crippen LogP contribution in [-0.2, 0) is 17.7 Å². The van der Waals surface area contributed by atoms with Crippen LogP contribution < -0.4 is 0 Å². The van der Waals surface area contributed by atoms with Gasteiger partial charge in [-0.1, -0.05) is 35.3 Å². The summed E-state index contributed by atoms with van der Waals surface area (Å²) in [6, 6.07) is 6.68. The summed E-state index contributed by atoms with van der Waals surface area (Å²) < 4.78 is 11.4. The number of hydrogen-bond acceptors (Lipinski definition) is 3. The highest BCUT2D eigenvalue weighted by Crippen LogP contribution is 2.38. The van der Waals surface area contributed by atoms with Crippen molar-refractivity contribution in [3.8, 4) is 11.1 Å². The molecule has 0 spiro atoms. The van der Waals surface area contributed by atoms with Gasteiger partial charge in [0, 0.05) is 27.7 Å². The third kappa shape index (κ3) is 3.99. The zero-order valence-electron chi connectivity index (χ0n) is 20.2. The van der Waals surface area contributed by atoms with E-state index in [2.05, 4.69) is 87.2 Å². The van der Waals surface area contributed by atoms with Crippen LogP contribution in [0.5, 0.6) is 0 Å². The number of hydrogen-bond donors (Lipinski definition) is 0. The minimum absolute atomic E-state index is 0.218. The monoisotopic (exact) mass is 496 g/mol. The summed E-state index contributed by atoms with van der Waals surface area (Å²) in [5, 5.41) is 6.18. The van der Waals surface area contributed by atoms with Crippen LogP contribution in [-0.4, -0.2) is 31.9 Å². The molecule has 0 amide bonds. The largest absolute Gasteiger partial charge is 0.377 e. The summed E-state index contributed by atoms with van der Waals surface area (Å²) in [4.78, 5) is 5.06. The molecule has 0 aliphatic rings. The molecular formula is C26H33BrN4O. The molecule has 0 fully saturated rings. The Kier molecular flexibility index (Phi) is 6.46. The van der Waals surface area contributed by atoms with Crippen molar-refractivity contribution < 1.29 is 4.74 Å². The van der Waals surface area contributed by atoms with Gasteiger partial charge in [0.05, 0.1) is 29.7 Å². The molecular weight excluding hydrogens is 464 g/mol. The van der Waals surface area contributed by atoms with Crippen molar-refractivity contribution in [2.45, 2.75) is 74.0 Å². The predicted octanol–water partition coefficient (Wildman–Crippen LogP) is 6.72. The fourth-order valence-electron chi connectivity index (χ4n) is 4.69. The van der Waals surface area contributed by atoms with Crippen molar-refractivity contribution in [2.24, 2.45) is 0 Å². The van der Waals surface area contributed by atoms with Gasteiger partial charge in [-0.15, -0.1) is 0 Å². The predicted molar refractivity (Wildman–Crippen MR) is 136 cm³/mol. The van der Waals surface area contributed by atoms with Gasteiger partial charge in [0.2, 0.25) is 0 Å². The van der Waals surface area contributed by atoms with Crippen molar-refractivity contribution >= 4 is 32.6 Å². The normalized spacial score (nSPS) is 12.0. The molecule has 0 aliphatic heterocycles. The Balaban J connectivity index is 2.01. The second kappa shape index (κ2) is 8.99. The summed E-state index contributed by atoms with van der Waals surface area (Å²) in [6.07, 6.45) is 2.33. The first kappa shape index (κ1) is 23.0. The Morgan fingerprint density at radius 1 is 1.03 bits per heavy atom. The maximum atomic E-state index is 5.91. The van der Waals surface area contributed by atoms with Crippen LogP contribution in [0.2, 0.25) is 0 Å². The molecule has 0 saturated heterocycles. The fraction of sp³-hybridized carbons (Fsp3) is 0.462. The van der Waals surface area contributed by atoms with Crippen LogP contribution in [0.25, 0.3) is 27.8 Å². The highest BCUT2D eigenvalue weighted by molar-refractivity contribution is 9.10. The van der Waals surface area contributed by atoms with E-state index < -0.39 is 0 Å². The lowest BCUT2D eigenvalue weighted by atomic mass is 9.99. The van der Waals surface area contributed by atoms with Crippen LogP contribution in [0.15, 0.2) is 22.7 Å². The minimum Gasteiger partial charge on any atom is -0.377 e. The summed E-state index contributed by atoms with van der Waals surface area (Å²) in [5.74, 6) is 0. The zero-order valence-corrected chi connectivity index (χ0v) is 21.8. The molecule has 32 heavy (non-hydrogen) atoms. The third-order valence-corrected chi connectivity index (χ3v) is 6.63. The molecule has 0 N–H and O–H groups in total. The number of ether oxygens (including phenoxy) is 1. The lowest BCUT2D eigenvalue weighted by Crippen LogP contribution is -2.14. The summed E-state index contributed by atoms with van der Waals surface area (Å²) in [7, 11) is 0. The van der Waals surface area contributed by atoms with E-state index in [4.69, 9.17) is 14.8 Å². The third-order valence-electron chi connectivity index (χ3n) is 6.01. The number of rotatable bonds is 7. The summed E-state index contributed by atoms with van der Waals surface area (Å²) >= 11 is 3.81. The van der Waals surface area contributed by atoms with Gasteiger partial charge in [-0.2, -0.15) is 9.61 Å². The Labute approximate surface area is 198 Å². The van der Waals surface area contributed by atoms with Crippen molar-refractivity contribution in [1.29, 1.82) is 0 Å². The lowest BCUT2D eigenvalue weighted by molar-refractivity contribution is 0.0729. The Morgan fingerprint density at radius 2 is 1.78 bits per heavy atom. The lowest BCUT2D eigenvalue weighted by Gasteiger charge is -2.13. The zero-order chi connectivity index (χ0) is 23.2. The molecule has 4 rings (SSSR count). The van der Waals surface area contributed by atoms with Crippen LogP contribution in [0.3, 0.4) is 0 Å². The summed E-state index contributed by atoms with van der Waals surface area (Å²) in [5.41, 5.74) is 10.1. The first-order chi connectivity index (χ1) is 15.2. The van der Waals surface area contributed by atoms with Crippen molar-refractivity contribution in [3.05, 3.63) is 50.9 Å². The van der Waals surface area contributed by atoms with Gasteiger partial charge in [0.15, 0.2) is 5.65 Å². The first-order valence-electron chi connectivity index (χ1n) is 11.5. The molecule has 4 aromatic rings. The van der Waals surface area contributed by atoms with E-state index in [1.165, 1.54) is 27.8 Å². The summed E-state index contributed by atoms with van der Waals surface area (Å²) in [6.45, 7) is 16.3. The van der Waals surface area contributed by atoms with E-state index in [9.17, 15) is 0 Å². The van der Waals surface area contributed by atoms with Gasteiger partial charge in [0.25, 0.3) is 0 Å². The molecule has 0 radical (unpaired) electrons. The van der Waals surface area contributed by atoms with Gasteiger partial charge in [0.1, 0.15) is 5.65 Å². The van der Waals surface area contributed by atoms with Crippen LogP contribution in [0, 0.1) is 27.7 Å². The molecule has 6 heteroatoms. The van der Waals surface area contributed by atoms with E-state index in [0.29, 0.717) is 6.61 Å². The number of benzene rings is 1. The molecule has 0 aliphatic carbocycles. The molecule has 5 nitrogen and oxygen atoms in total. The number of halogens is 1. The maximum Gasteiger partial charge on any atom is 0.165 e. The van der Waals surface area contributed by atoms with E-state index in [1.54, 1.807) is 0 Å². The van der Waals surface area contributed by atoms with E-state index >= 15 is 0 Å². The molecule has 1 aromatic carbocycles. The van der Waals surface area contributed by atoms with E-state index in [0.717, 1.165) is 52.1 Å².